The number of ketones is 1. The number of aryl methyl sites for hydroxylation is 1. The van der Waals surface area contributed by atoms with E-state index >= 15 is 0 Å². The van der Waals surface area contributed by atoms with Gasteiger partial charge in [-0.05, 0) is 25.5 Å². The highest BCUT2D eigenvalue weighted by molar-refractivity contribution is 6.36. The number of rotatable bonds is 4. The van der Waals surface area contributed by atoms with E-state index in [0.29, 0.717) is 22.9 Å². The normalized spacial score (nSPS) is 10.7. The zero-order valence-corrected chi connectivity index (χ0v) is 13.3. The third-order valence-corrected chi connectivity index (χ3v) is 3.71. The number of ether oxygens (including phenoxy) is 1. The maximum Gasteiger partial charge on any atom is 0.356 e. The fraction of sp³-hybridized carbons (Fsp3) is 0.312. The summed E-state index contributed by atoms with van der Waals surface area (Å²) in [7, 11) is 1.26. The largest absolute Gasteiger partial charge is 0.507 e. The third-order valence-electron chi connectivity index (χ3n) is 3.40. The Balaban J connectivity index is 2.87. The van der Waals surface area contributed by atoms with Crippen LogP contribution in [0.15, 0.2) is 12.1 Å². The maximum absolute atomic E-state index is 11.7. The van der Waals surface area contributed by atoms with Crippen LogP contribution >= 0.6 is 11.6 Å². The van der Waals surface area contributed by atoms with E-state index < -0.39 is 5.97 Å². The Morgan fingerprint density at radius 2 is 2.05 bits per heavy atom. The van der Waals surface area contributed by atoms with Crippen molar-refractivity contribution < 1.29 is 19.4 Å². The zero-order valence-electron chi connectivity index (χ0n) is 12.6. The summed E-state index contributed by atoms with van der Waals surface area (Å²) in [5, 5.41) is 11.2. The van der Waals surface area contributed by atoms with Crippen LogP contribution in [0.3, 0.4) is 0 Å². The predicted octanol–water partition coefficient (Wildman–Crippen LogP) is 3.54. The van der Waals surface area contributed by atoms with Crippen LogP contribution in [0.25, 0.3) is 10.9 Å². The van der Waals surface area contributed by atoms with Gasteiger partial charge in [-0.3, -0.25) is 4.79 Å². The van der Waals surface area contributed by atoms with Crippen LogP contribution in [0.2, 0.25) is 5.02 Å². The topological polar surface area (TPSA) is 76.5 Å². The Bertz CT molecular complexity index is 771. The minimum atomic E-state index is -0.610. The van der Waals surface area contributed by atoms with Crippen molar-refractivity contribution in [2.45, 2.75) is 26.7 Å². The molecule has 0 fully saturated rings. The summed E-state index contributed by atoms with van der Waals surface area (Å²) in [4.78, 5) is 27.6. The molecule has 0 aliphatic rings. The van der Waals surface area contributed by atoms with Crippen LogP contribution in [0.1, 0.15) is 46.7 Å². The fourth-order valence-corrected chi connectivity index (χ4v) is 2.59. The number of aromatic nitrogens is 1. The van der Waals surface area contributed by atoms with Gasteiger partial charge in [0.25, 0.3) is 0 Å². The Labute approximate surface area is 132 Å². The molecule has 1 aromatic heterocycles. The number of phenolic OH excluding ortho intramolecular Hbond substituents is 1. The van der Waals surface area contributed by atoms with Crippen LogP contribution < -0.4 is 0 Å². The lowest BCUT2D eigenvalue weighted by molar-refractivity contribution is 0.0594. The van der Waals surface area contributed by atoms with E-state index in [2.05, 4.69) is 9.72 Å². The molecule has 0 bridgehead atoms. The lowest BCUT2D eigenvalue weighted by atomic mass is 9.98. The number of fused-ring (bicyclic) bond motifs is 1. The molecule has 0 radical (unpaired) electrons. The molecule has 0 amide bonds. The van der Waals surface area contributed by atoms with Crippen LogP contribution in [0.5, 0.6) is 5.75 Å². The van der Waals surface area contributed by atoms with Gasteiger partial charge >= 0.3 is 5.97 Å². The van der Waals surface area contributed by atoms with Crippen LogP contribution in [-0.2, 0) is 11.2 Å². The van der Waals surface area contributed by atoms with Crippen LogP contribution in [0, 0.1) is 0 Å². The second kappa shape index (κ2) is 6.32. The number of phenols is 1. The molecule has 5 nitrogen and oxygen atoms in total. The lowest BCUT2D eigenvalue weighted by Gasteiger charge is -2.13. The minimum absolute atomic E-state index is 0.0623. The SMILES string of the molecule is CCCc1c(O)c(C(C)=O)cc2c(Cl)cc(C(=O)OC)nc12. The van der Waals surface area contributed by atoms with Gasteiger partial charge in [0.2, 0.25) is 0 Å². The number of methoxy groups -OCH3 is 1. The molecule has 0 aliphatic heterocycles. The predicted molar refractivity (Wildman–Crippen MR) is 83.8 cm³/mol. The van der Waals surface area contributed by atoms with Crippen LogP contribution in [-0.4, -0.2) is 29.0 Å². The van der Waals surface area contributed by atoms with Gasteiger partial charge < -0.3 is 9.84 Å². The lowest BCUT2D eigenvalue weighted by Crippen LogP contribution is -2.06. The molecule has 2 rings (SSSR count). The number of esters is 1. The molecule has 0 saturated carbocycles. The van der Waals surface area contributed by atoms with Gasteiger partial charge in [-0.1, -0.05) is 24.9 Å². The van der Waals surface area contributed by atoms with Crippen molar-refractivity contribution >= 4 is 34.3 Å². The maximum atomic E-state index is 11.7. The highest BCUT2D eigenvalue weighted by Gasteiger charge is 2.20. The Kier molecular flexibility index (Phi) is 4.66. The number of benzene rings is 1. The second-order valence-electron chi connectivity index (χ2n) is 4.93. The molecule has 2 aromatic rings. The third kappa shape index (κ3) is 2.76. The monoisotopic (exact) mass is 321 g/mol. The summed E-state index contributed by atoms with van der Waals surface area (Å²) in [5.41, 5.74) is 1.19. The van der Waals surface area contributed by atoms with Crippen molar-refractivity contribution in [1.82, 2.24) is 4.98 Å². The number of carbonyl (C=O) groups excluding carboxylic acids is 2. The highest BCUT2D eigenvalue weighted by atomic mass is 35.5. The number of nitrogens with zero attached hydrogens (tertiary/aromatic N) is 1. The molecule has 0 atom stereocenters. The summed E-state index contributed by atoms with van der Waals surface area (Å²) in [5.74, 6) is -0.973. The molecule has 0 unspecified atom stereocenters. The number of halogens is 1. The summed E-state index contributed by atoms with van der Waals surface area (Å²) in [6.07, 6.45) is 1.25. The molecule has 1 N–H and O–H groups in total. The molecular formula is C16H16ClNO4. The summed E-state index contributed by atoms with van der Waals surface area (Å²) in [6, 6.07) is 2.90. The number of hydrogen-bond donors (Lipinski definition) is 1. The number of Topliss-reactive ketones (excluding diaryl/α,β-unsaturated/α-hetero) is 1. The first-order chi connectivity index (χ1) is 10.4. The van der Waals surface area contributed by atoms with E-state index in [4.69, 9.17) is 11.6 Å². The first-order valence-corrected chi connectivity index (χ1v) is 7.22. The van der Waals surface area contributed by atoms with E-state index in [9.17, 15) is 14.7 Å². The average Bonchev–Trinajstić information content (AvgIpc) is 2.48. The molecule has 0 saturated heterocycles. The summed E-state index contributed by atoms with van der Waals surface area (Å²) in [6.45, 7) is 3.32. The first kappa shape index (κ1) is 16.2. The van der Waals surface area contributed by atoms with E-state index in [1.165, 1.54) is 26.2 Å². The molecule has 1 aromatic carbocycles. The Hall–Kier alpha value is -2.14. The van der Waals surface area contributed by atoms with Crippen molar-refractivity contribution in [3.05, 3.63) is 34.0 Å². The van der Waals surface area contributed by atoms with Crippen molar-refractivity contribution in [3.8, 4) is 5.75 Å². The van der Waals surface area contributed by atoms with Crippen molar-refractivity contribution in [2.24, 2.45) is 0 Å². The van der Waals surface area contributed by atoms with Crippen molar-refractivity contribution in [2.75, 3.05) is 7.11 Å². The van der Waals surface area contributed by atoms with Gasteiger partial charge in [-0.25, -0.2) is 9.78 Å². The van der Waals surface area contributed by atoms with Gasteiger partial charge in [-0.15, -0.1) is 0 Å². The fourth-order valence-electron chi connectivity index (χ4n) is 2.34. The first-order valence-electron chi connectivity index (χ1n) is 6.85. The van der Waals surface area contributed by atoms with Gasteiger partial charge in [-0.2, -0.15) is 0 Å². The smallest absolute Gasteiger partial charge is 0.356 e. The van der Waals surface area contributed by atoms with Crippen molar-refractivity contribution in [1.29, 1.82) is 0 Å². The number of carbonyl (C=O) groups is 2. The number of aromatic hydroxyl groups is 1. The standard InChI is InChI=1S/C16H16ClNO4/c1-4-5-9-14-11(6-10(8(2)19)15(9)20)12(17)7-13(18-14)16(21)22-3/h6-7,20H,4-5H2,1-3H3. The van der Waals surface area contributed by atoms with Gasteiger partial charge in [0.05, 0.1) is 23.2 Å². The van der Waals surface area contributed by atoms with E-state index in [0.717, 1.165) is 6.42 Å². The van der Waals surface area contributed by atoms with Crippen LogP contribution in [0.4, 0.5) is 0 Å². The Morgan fingerprint density at radius 1 is 1.36 bits per heavy atom. The number of hydrogen-bond acceptors (Lipinski definition) is 5. The molecule has 1 heterocycles. The zero-order chi connectivity index (χ0) is 16.4. The Morgan fingerprint density at radius 3 is 2.59 bits per heavy atom. The summed E-state index contributed by atoms with van der Waals surface area (Å²) < 4.78 is 4.66. The quantitative estimate of drug-likeness (QED) is 0.688. The van der Waals surface area contributed by atoms with Gasteiger partial charge in [0.1, 0.15) is 5.75 Å². The molecule has 116 valence electrons. The molecule has 22 heavy (non-hydrogen) atoms. The molecule has 0 spiro atoms. The van der Waals surface area contributed by atoms with E-state index in [1.807, 2.05) is 6.92 Å². The average molecular weight is 322 g/mol. The van der Waals surface area contributed by atoms with Gasteiger partial charge in [0, 0.05) is 10.9 Å². The summed E-state index contributed by atoms with van der Waals surface area (Å²) >= 11 is 6.22. The van der Waals surface area contributed by atoms with Gasteiger partial charge in [0.15, 0.2) is 11.5 Å². The highest BCUT2D eigenvalue weighted by Crippen LogP contribution is 2.35. The number of pyridine rings is 1. The van der Waals surface area contributed by atoms with Crippen molar-refractivity contribution in [3.63, 3.8) is 0 Å². The van der Waals surface area contributed by atoms with E-state index in [1.54, 1.807) is 0 Å². The second-order valence-corrected chi connectivity index (χ2v) is 5.34. The molecule has 0 aliphatic carbocycles. The molecule has 6 heteroatoms. The molecular weight excluding hydrogens is 306 g/mol. The van der Waals surface area contributed by atoms with E-state index in [-0.39, 0.29) is 27.8 Å². The minimum Gasteiger partial charge on any atom is -0.507 e.